The van der Waals surface area contributed by atoms with Gasteiger partial charge in [0.25, 0.3) is 0 Å². The largest absolute Gasteiger partial charge is 1.00 e. The Bertz CT molecular complexity index is 99.5. The molecule has 0 N–H and O–H groups in total. The van der Waals surface area contributed by atoms with Gasteiger partial charge in [-0.15, -0.1) is 0 Å². The first-order valence-corrected chi connectivity index (χ1v) is 2.14. The fraction of sp³-hybridized carbons (Fsp3) is 0. The van der Waals surface area contributed by atoms with E-state index in [1.165, 1.54) is 0 Å². The van der Waals surface area contributed by atoms with Crippen LogP contribution in [0.25, 0.3) is 0 Å². The smallest absolute Gasteiger partial charge is 0.539 e. The Balaban J connectivity index is 0. The summed E-state index contributed by atoms with van der Waals surface area (Å²) in [7, 11) is -2.43. The van der Waals surface area contributed by atoms with Crippen molar-refractivity contribution in [2.75, 3.05) is 0 Å². The molecule has 0 aromatic carbocycles. The quantitative estimate of drug-likeness (QED) is 0.224. The molecular weight excluding hydrogens is 111 g/mol. The molecule has 0 aliphatic carbocycles. The number of rotatable bonds is 2. The molecule has 0 fully saturated rings. The van der Waals surface area contributed by atoms with Gasteiger partial charge < -0.3 is 12.6 Å². The minimum atomic E-state index is -2.43. The minimum absolute atomic E-state index is 0. The van der Waals surface area contributed by atoms with Crippen molar-refractivity contribution in [2.45, 2.75) is 0 Å². The van der Waals surface area contributed by atoms with Crippen molar-refractivity contribution in [1.82, 2.24) is 0 Å². The average molecular weight is 114 g/mol. The zero-order valence-electron chi connectivity index (χ0n) is 3.92. The van der Waals surface area contributed by atoms with Crippen molar-refractivity contribution >= 4 is 11.0 Å². The van der Waals surface area contributed by atoms with Crippen LogP contribution in [0.15, 0.2) is 12.8 Å². The molecule has 0 aliphatic rings. The molecule has 3 nitrogen and oxygen atoms in total. The van der Waals surface area contributed by atoms with E-state index in [0.29, 0.717) is 0 Å². The molecule has 0 atom stereocenters. The van der Waals surface area contributed by atoms with Gasteiger partial charge in [0, 0.05) is 0 Å². The molecule has 0 bridgehead atoms. The van der Waals surface area contributed by atoms with Crippen molar-refractivity contribution in [3.05, 3.63) is 12.8 Å². The normalized spacial score (nSPS) is 7.00. The van der Waals surface area contributed by atoms with Crippen LogP contribution in [0.2, 0.25) is 0 Å². The summed E-state index contributed by atoms with van der Waals surface area (Å²) in [6, 6.07) is 0. The second-order valence-electron chi connectivity index (χ2n) is 0.467. The molecule has 0 radical (unpaired) electrons. The zero-order valence-corrected chi connectivity index (χ0v) is 4.73. The van der Waals surface area contributed by atoms with Crippen LogP contribution in [0, 0.1) is 0 Å². The predicted molar refractivity (Wildman–Crippen MR) is 20.0 cm³/mol. The van der Waals surface area contributed by atoms with E-state index < -0.39 is 11.0 Å². The maximum absolute atomic E-state index is 9.31. The maximum Gasteiger partial charge on any atom is 1.00 e. The van der Waals surface area contributed by atoms with Crippen molar-refractivity contribution in [1.29, 1.82) is 0 Å². The van der Waals surface area contributed by atoms with Crippen LogP contribution in [0.5, 0.6) is 0 Å². The first kappa shape index (κ1) is 10.1. The zero-order chi connectivity index (χ0) is 4.99. The van der Waals surface area contributed by atoms with Crippen LogP contribution in [-0.4, -0.2) is 0 Å². The van der Waals surface area contributed by atoms with Gasteiger partial charge in [-0.2, -0.15) is 0 Å². The Morgan fingerprint density at radius 3 is 2.00 bits per heavy atom. The fourth-order valence-electron chi connectivity index (χ4n) is 0.0556. The van der Waals surface area contributed by atoms with Gasteiger partial charge in [0.05, 0.1) is 6.26 Å². The number of hydrogen-bond donors (Lipinski definition) is 0. The van der Waals surface area contributed by atoms with Crippen molar-refractivity contribution in [3.8, 4) is 0 Å². The van der Waals surface area contributed by atoms with Gasteiger partial charge in [-0.3, -0.25) is 0 Å². The summed E-state index contributed by atoms with van der Waals surface area (Å²) >= 11 is 0. The Kier molecular flexibility index (Phi) is 8.82. The molecule has 0 aromatic heterocycles. The summed E-state index contributed by atoms with van der Waals surface area (Å²) in [5, 5.41) is 0. The van der Waals surface area contributed by atoms with Gasteiger partial charge in [0.1, 0.15) is 11.0 Å². The van der Waals surface area contributed by atoms with Gasteiger partial charge in [0.15, 0.2) is 0 Å². The first-order valence-electron chi connectivity index (χ1n) is 1.14. The third-order valence-corrected chi connectivity index (χ3v) is 0.440. The Morgan fingerprint density at radius 2 is 2.00 bits per heavy atom. The van der Waals surface area contributed by atoms with Crippen molar-refractivity contribution in [3.63, 3.8) is 0 Å². The van der Waals surface area contributed by atoms with E-state index in [2.05, 4.69) is 10.8 Å². The molecule has 5 heteroatoms. The summed E-state index contributed by atoms with van der Waals surface area (Å²) in [5.41, 5.74) is 0. The van der Waals surface area contributed by atoms with E-state index in [-0.39, 0.29) is 18.9 Å². The summed E-state index contributed by atoms with van der Waals surface area (Å²) in [6.07, 6.45) is 0.836. The van der Waals surface area contributed by atoms with Crippen molar-refractivity contribution in [2.24, 2.45) is 0 Å². The van der Waals surface area contributed by atoms with Crippen LogP contribution in [0.4, 0.5) is 0 Å². The second-order valence-corrected chi connectivity index (χ2v) is 1.07. The summed E-state index contributed by atoms with van der Waals surface area (Å²) in [5.74, 6) is 0. The van der Waals surface area contributed by atoms with Gasteiger partial charge in [-0.1, -0.05) is 6.58 Å². The molecule has 0 saturated carbocycles. The van der Waals surface area contributed by atoms with Crippen LogP contribution in [0.3, 0.4) is 0 Å². The average Bonchev–Trinajstić information content (AvgIpc) is 1.35. The molecule has 0 aliphatic heterocycles. The van der Waals surface area contributed by atoms with Crippen LogP contribution in [0.1, 0.15) is 0 Å². The molecule has 0 spiro atoms. The monoisotopic (exact) mass is 114 g/mol. The molecule has 0 saturated heterocycles. The van der Waals surface area contributed by atoms with Gasteiger partial charge in [0.2, 0.25) is 0 Å². The number of hydrogen-bond acceptors (Lipinski definition) is 4. The third-order valence-electron chi connectivity index (χ3n) is 0.147. The molecule has 36 valence electrons. The van der Waals surface area contributed by atoms with Crippen LogP contribution >= 0.6 is 0 Å². The maximum atomic E-state index is 9.31. The first-order chi connectivity index (χ1) is 2.77. The van der Waals surface area contributed by atoms with E-state index in [0.717, 1.165) is 6.26 Å². The van der Waals surface area contributed by atoms with E-state index in [9.17, 15) is 8.42 Å². The fourth-order valence-corrected chi connectivity index (χ4v) is 0.167. The predicted octanol–water partition coefficient (Wildman–Crippen LogP) is -2.63. The molecule has 7 heavy (non-hydrogen) atoms. The Morgan fingerprint density at radius 1 is 1.57 bits per heavy atom. The Labute approximate surface area is 55.7 Å². The van der Waals surface area contributed by atoms with E-state index in [4.69, 9.17) is 0 Å². The molecule has 0 rings (SSSR count). The van der Waals surface area contributed by atoms with Crippen LogP contribution < -0.4 is 18.9 Å². The SMILES string of the molecule is C=CO[S-](=O)=O.[Li+]. The summed E-state index contributed by atoms with van der Waals surface area (Å²) in [6.45, 7) is 2.99. The molecule has 0 amide bonds. The standard InChI is InChI=1S/C2H3O3S.Li/c1-2-5-6(3)4;/h2H,1H2;/q-1;+1. The van der Waals surface area contributed by atoms with E-state index in [1.807, 2.05) is 0 Å². The van der Waals surface area contributed by atoms with E-state index in [1.54, 1.807) is 0 Å². The molecular formula is C2H3LiO3S. The van der Waals surface area contributed by atoms with Crippen molar-refractivity contribution < 1.29 is 31.5 Å². The summed E-state index contributed by atoms with van der Waals surface area (Å²) in [4.78, 5) is 0. The van der Waals surface area contributed by atoms with Gasteiger partial charge >= 0.3 is 18.9 Å². The summed E-state index contributed by atoms with van der Waals surface area (Å²) < 4.78 is 22.3. The van der Waals surface area contributed by atoms with Crippen LogP contribution in [-0.2, 0) is 23.6 Å². The van der Waals surface area contributed by atoms with Gasteiger partial charge in [-0.25, -0.2) is 0 Å². The molecule has 0 heterocycles. The van der Waals surface area contributed by atoms with E-state index >= 15 is 0 Å². The third kappa shape index (κ3) is 10.7. The molecule has 0 aromatic rings. The second kappa shape index (κ2) is 6.09. The molecule has 0 unspecified atom stereocenters. The minimum Gasteiger partial charge on any atom is -0.539 e. The Hall–Kier alpha value is 0.0874. The van der Waals surface area contributed by atoms with Gasteiger partial charge in [-0.05, 0) is 0 Å². The topological polar surface area (TPSA) is 43.4 Å².